The lowest BCUT2D eigenvalue weighted by atomic mass is 10.2. The van der Waals surface area contributed by atoms with Crippen LogP contribution < -0.4 is 15.4 Å². The summed E-state index contributed by atoms with van der Waals surface area (Å²) in [4.78, 5) is 14.2. The monoisotopic (exact) mass is 375 g/mol. The molecule has 1 aliphatic rings. The van der Waals surface area contributed by atoms with Gasteiger partial charge in [0.15, 0.2) is 0 Å². The summed E-state index contributed by atoms with van der Waals surface area (Å²) in [6, 6.07) is 2.45. The first-order valence-electron chi connectivity index (χ1n) is 8.59. The fourth-order valence-electron chi connectivity index (χ4n) is 2.58. The molecule has 0 aromatic heterocycles. The maximum Gasteiger partial charge on any atom is 0.416 e. The molecule has 26 heavy (non-hydrogen) atoms. The third-order valence-electron chi connectivity index (χ3n) is 3.90. The van der Waals surface area contributed by atoms with Gasteiger partial charge in [0, 0.05) is 19.6 Å². The number of benzene rings is 1. The van der Waals surface area contributed by atoms with E-state index >= 15 is 0 Å². The van der Waals surface area contributed by atoms with Crippen LogP contribution in [0.2, 0.25) is 0 Å². The van der Waals surface area contributed by atoms with Crippen LogP contribution in [0.15, 0.2) is 18.2 Å². The first-order chi connectivity index (χ1) is 12.4. The van der Waals surface area contributed by atoms with Crippen molar-refractivity contribution in [3.63, 3.8) is 0 Å². The second kappa shape index (κ2) is 9.63. The van der Waals surface area contributed by atoms with Crippen LogP contribution in [-0.2, 0) is 10.9 Å². The molecule has 1 aliphatic heterocycles. The topological polar surface area (TPSA) is 62.8 Å². The molecule has 1 heterocycles. The molecular formula is C17H24F3N3O3. The third kappa shape index (κ3) is 6.38. The van der Waals surface area contributed by atoms with Crippen LogP contribution in [0.5, 0.6) is 5.75 Å². The molecule has 2 N–H and O–H groups in total. The summed E-state index contributed by atoms with van der Waals surface area (Å²) in [6.45, 7) is 6.41. The van der Waals surface area contributed by atoms with Crippen LogP contribution >= 0.6 is 0 Å². The molecule has 9 heteroatoms. The van der Waals surface area contributed by atoms with Crippen LogP contribution in [0.3, 0.4) is 0 Å². The van der Waals surface area contributed by atoms with E-state index in [9.17, 15) is 18.0 Å². The van der Waals surface area contributed by atoms with Gasteiger partial charge < -0.3 is 20.1 Å². The Balaban J connectivity index is 1.86. The predicted molar refractivity (Wildman–Crippen MR) is 91.5 cm³/mol. The molecule has 0 spiro atoms. The molecule has 0 bridgehead atoms. The van der Waals surface area contributed by atoms with Gasteiger partial charge in [-0.15, -0.1) is 0 Å². The second-order valence-electron chi connectivity index (χ2n) is 5.83. The van der Waals surface area contributed by atoms with Crippen molar-refractivity contribution in [3.05, 3.63) is 23.8 Å². The number of hydrogen-bond acceptors (Lipinski definition) is 4. The number of morpholine rings is 1. The molecule has 0 unspecified atom stereocenters. The number of nitrogens with zero attached hydrogens (tertiary/aromatic N) is 1. The highest BCUT2D eigenvalue weighted by Gasteiger charge is 2.31. The lowest BCUT2D eigenvalue weighted by Gasteiger charge is -2.26. The van der Waals surface area contributed by atoms with E-state index in [1.807, 2.05) is 0 Å². The summed E-state index contributed by atoms with van der Waals surface area (Å²) in [7, 11) is 0. The summed E-state index contributed by atoms with van der Waals surface area (Å²) in [5, 5.41) is 5.09. The first kappa shape index (κ1) is 20.3. The van der Waals surface area contributed by atoms with Gasteiger partial charge in [-0.25, -0.2) is 4.79 Å². The van der Waals surface area contributed by atoms with Gasteiger partial charge in [-0.1, -0.05) is 0 Å². The van der Waals surface area contributed by atoms with Gasteiger partial charge in [-0.3, -0.25) is 4.90 Å². The number of alkyl halides is 3. The number of rotatable bonds is 7. The number of nitrogens with one attached hydrogen (secondary N) is 2. The Labute approximate surface area is 150 Å². The maximum absolute atomic E-state index is 12.9. The number of urea groups is 1. The number of anilines is 1. The number of ether oxygens (including phenoxy) is 2. The van der Waals surface area contributed by atoms with Gasteiger partial charge in [0.25, 0.3) is 0 Å². The minimum atomic E-state index is -4.49. The standard InChI is InChI=1S/C17H24F3N3O3/c1-2-26-15-5-4-13(17(18,19)20)12-14(15)22-16(24)21-6-3-7-23-8-10-25-11-9-23/h4-5,12H,2-3,6-11H2,1H3,(H2,21,22,24). The zero-order chi connectivity index (χ0) is 19.0. The smallest absolute Gasteiger partial charge is 0.416 e. The molecule has 2 rings (SSSR count). The molecule has 1 fully saturated rings. The fourth-order valence-corrected chi connectivity index (χ4v) is 2.58. The van der Waals surface area contributed by atoms with Crippen LogP contribution in [-0.4, -0.2) is 56.9 Å². The zero-order valence-corrected chi connectivity index (χ0v) is 14.7. The van der Waals surface area contributed by atoms with E-state index in [0.717, 1.165) is 38.2 Å². The highest BCUT2D eigenvalue weighted by Crippen LogP contribution is 2.35. The van der Waals surface area contributed by atoms with Crippen LogP contribution in [0, 0.1) is 0 Å². The molecule has 0 saturated carbocycles. The van der Waals surface area contributed by atoms with Crippen molar-refractivity contribution >= 4 is 11.7 Å². The van der Waals surface area contributed by atoms with E-state index in [1.54, 1.807) is 6.92 Å². The van der Waals surface area contributed by atoms with E-state index < -0.39 is 17.8 Å². The molecule has 6 nitrogen and oxygen atoms in total. The number of amides is 2. The highest BCUT2D eigenvalue weighted by atomic mass is 19.4. The summed E-state index contributed by atoms with van der Waals surface area (Å²) in [6.07, 6.45) is -3.75. The van der Waals surface area contributed by atoms with Gasteiger partial charge in [0.1, 0.15) is 5.75 Å². The van der Waals surface area contributed by atoms with Crippen molar-refractivity contribution in [3.8, 4) is 5.75 Å². The summed E-state index contributed by atoms with van der Waals surface area (Å²) in [5.74, 6) is 0.198. The van der Waals surface area contributed by atoms with Crippen molar-refractivity contribution in [1.82, 2.24) is 10.2 Å². The molecule has 146 valence electrons. The van der Waals surface area contributed by atoms with Crippen molar-refractivity contribution in [2.45, 2.75) is 19.5 Å². The zero-order valence-electron chi connectivity index (χ0n) is 14.7. The Hall–Kier alpha value is -2.00. The van der Waals surface area contributed by atoms with Gasteiger partial charge in [0.05, 0.1) is 31.1 Å². The molecule has 0 radical (unpaired) electrons. The van der Waals surface area contributed by atoms with Gasteiger partial charge in [0.2, 0.25) is 0 Å². The van der Waals surface area contributed by atoms with Crippen molar-refractivity contribution in [2.75, 3.05) is 51.3 Å². The van der Waals surface area contributed by atoms with Crippen LogP contribution in [0.25, 0.3) is 0 Å². The molecule has 0 atom stereocenters. The number of hydrogen-bond donors (Lipinski definition) is 2. The van der Waals surface area contributed by atoms with Crippen molar-refractivity contribution in [2.24, 2.45) is 0 Å². The predicted octanol–water partition coefficient (Wildman–Crippen LogP) is 2.95. The largest absolute Gasteiger partial charge is 0.492 e. The van der Waals surface area contributed by atoms with Crippen molar-refractivity contribution in [1.29, 1.82) is 0 Å². The lowest BCUT2D eigenvalue weighted by Crippen LogP contribution is -2.38. The third-order valence-corrected chi connectivity index (χ3v) is 3.90. The SMILES string of the molecule is CCOc1ccc(C(F)(F)F)cc1NC(=O)NCCCN1CCOCC1. The van der Waals surface area contributed by atoms with Crippen molar-refractivity contribution < 1.29 is 27.4 Å². The molecule has 0 aliphatic carbocycles. The van der Waals surface area contributed by atoms with E-state index in [0.29, 0.717) is 19.8 Å². The number of carbonyl (C=O) groups excluding carboxylic acids is 1. The summed E-state index contributed by atoms with van der Waals surface area (Å²) >= 11 is 0. The molecule has 2 amide bonds. The Morgan fingerprint density at radius 3 is 2.69 bits per heavy atom. The van der Waals surface area contributed by atoms with E-state index in [2.05, 4.69) is 15.5 Å². The Kier molecular flexibility index (Phi) is 7.52. The van der Waals surface area contributed by atoms with Crippen LogP contribution in [0.4, 0.5) is 23.7 Å². The number of halogens is 3. The average molecular weight is 375 g/mol. The Morgan fingerprint density at radius 1 is 1.31 bits per heavy atom. The average Bonchev–Trinajstić information content (AvgIpc) is 2.60. The van der Waals surface area contributed by atoms with E-state index in [4.69, 9.17) is 9.47 Å². The molecule has 1 aromatic carbocycles. The minimum Gasteiger partial charge on any atom is -0.492 e. The summed E-state index contributed by atoms with van der Waals surface area (Å²) < 4.78 is 49.1. The van der Waals surface area contributed by atoms with Crippen LogP contribution in [0.1, 0.15) is 18.9 Å². The highest BCUT2D eigenvalue weighted by molar-refractivity contribution is 5.91. The lowest BCUT2D eigenvalue weighted by molar-refractivity contribution is -0.137. The van der Waals surface area contributed by atoms with Gasteiger partial charge in [-0.2, -0.15) is 13.2 Å². The second-order valence-corrected chi connectivity index (χ2v) is 5.83. The Morgan fingerprint density at radius 2 is 2.04 bits per heavy atom. The first-order valence-corrected chi connectivity index (χ1v) is 8.59. The normalized spacial score (nSPS) is 15.5. The summed E-state index contributed by atoms with van der Waals surface area (Å²) in [5.41, 5.74) is -0.851. The maximum atomic E-state index is 12.9. The van der Waals surface area contributed by atoms with E-state index in [-0.39, 0.29) is 18.0 Å². The fraction of sp³-hybridized carbons (Fsp3) is 0.588. The quantitative estimate of drug-likeness (QED) is 0.720. The molecule has 1 saturated heterocycles. The molecule has 1 aromatic rings. The number of carbonyl (C=O) groups is 1. The minimum absolute atomic E-state index is 0.00708. The van der Waals surface area contributed by atoms with Gasteiger partial charge >= 0.3 is 12.2 Å². The van der Waals surface area contributed by atoms with Gasteiger partial charge in [-0.05, 0) is 38.1 Å². The van der Waals surface area contributed by atoms with E-state index in [1.165, 1.54) is 6.07 Å². The Bertz CT molecular complexity index is 590. The molecular weight excluding hydrogens is 351 g/mol.